The number of aromatic nitrogens is 4. The second kappa shape index (κ2) is 9.93. The molecule has 3 saturated carbocycles. The first-order chi connectivity index (χ1) is 20.7. The number of carbonyl (C=O) groups excluding carboxylic acids is 2. The van der Waals surface area contributed by atoms with Crippen molar-refractivity contribution in [2.45, 2.75) is 74.9 Å². The van der Waals surface area contributed by atoms with Crippen molar-refractivity contribution in [1.29, 1.82) is 5.26 Å². The molecule has 4 aromatic rings. The van der Waals surface area contributed by atoms with E-state index < -0.39 is 17.5 Å². The van der Waals surface area contributed by atoms with Crippen molar-refractivity contribution in [1.82, 2.24) is 25.1 Å². The zero-order valence-corrected chi connectivity index (χ0v) is 24.6. The third-order valence-electron chi connectivity index (χ3n) is 8.91. The maximum absolute atomic E-state index is 13.8. The first-order valence-electron chi connectivity index (χ1n) is 14.8. The van der Waals surface area contributed by atoms with Crippen LogP contribution < -0.4 is 15.1 Å². The summed E-state index contributed by atoms with van der Waals surface area (Å²) in [5.41, 5.74) is 3.14. The Morgan fingerprint density at radius 1 is 1.19 bits per heavy atom. The molecule has 0 spiro atoms. The molecule has 0 bridgehead atoms. The number of anilines is 2. The summed E-state index contributed by atoms with van der Waals surface area (Å²) in [6.07, 6.45) is 7.77. The summed E-state index contributed by atoms with van der Waals surface area (Å²) in [6.45, 7) is 2.18. The standard InChI is InChI=1S/C32H34N8O3/c1-31(10-11-31)26-16-29(40(37-26)22-6-7-22)39(19-41)24(30(42)36-32(18-33)12-13-32)15-28-35-23-8-4-20(14-25(23)43-28)21-5-9-27(34-17-21)38(2)3/h4-5,8-9,14,16-17,19,22,24H,6-7,10-13,15H2,1-3H3,(H,36,42)/t24-/m0/s1. The highest BCUT2D eigenvalue weighted by Crippen LogP contribution is 2.49. The lowest BCUT2D eigenvalue weighted by Crippen LogP contribution is -2.51. The summed E-state index contributed by atoms with van der Waals surface area (Å²) >= 11 is 0. The van der Waals surface area contributed by atoms with Crippen molar-refractivity contribution in [3.63, 3.8) is 0 Å². The average Bonchev–Trinajstić information content (AvgIpc) is 3.97. The second-order valence-corrected chi connectivity index (χ2v) is 12.6. The second-order valence-electron chi connectivity index (χ2n) is 12.6. The third kappa shape index (κ3) is 5.11. The van der Waals surface area contributed by atoms with Crippen molar-refractivity contribution in [2.75, 3.05) is 23.9 Å². The van der Waals surface area contributed by atoms with Crippen molar-refractivity contribution in [2.24, 2.45) is 0 Å². The van der Waals surface area contributed by atoms with Crippen LogP contribution in [-0.2, 0) is 21.4 Å². The molecule has 3 aliphatic carbocycles. The number of hydrogen-bond acceptors (Lipinski definition) is 8. The van der Waals surface area contributed by atoms with Crippen molar-refractivity contribution in [3.8, 4) is 17.2 Å². The molecule has 7 rings (SSSR count). The number of benzene rings is 1. The van der Waals surface area contributed by atoms with E-state index >= 15 is 0 Å². The van der Waals surface area contributed by atoms with Crippen LogP contribution in [0.15, 0.2) is 47.0 Å². The Labute approximate surface area is 249 Å². The maximum atomic E-state index is 13.8. The number of rotatable bonds is 11. The van der Waals surface area contributed by atoms with E-state index in [1.54, 1.807) is 0 Å². The average molecular weight is 579 g/mol. The molecule has 11 heteroatoms. The van der Waals surface area contributed by atoms with Gasteiger partial charge in [0.2, 0.25) is 12.3 Å². The molecule has 3 aromatic heterocycles. The molecule has 1 atom stereocenters. The van der Waals surface area contributed by atoms with Crippen LogP contribution in [0.5, 0.6) is 0 Å². The highest BCUT2D eigenvalue weighted by atomic mass is 16.3. The van der Waals surface area contributed by atoms with Crippen LogP contribution in [0.2, 0.25) is 0 Å². The smallest absolute Gasteiger partial charge is 0.245 e. The largest absolute Gasteiger partial charge is 0.441 e. The molecule has 0 radical (unpaired) electrons. The minimum atomic E-state index is -0.979. The number of nitrogens with one attached hydrogen (secondary N) is 1. The van der Waals surface area contributed by atoms with Crippen LogP contribution in [0.3, 0.4) is 0 Å². The van der Waals surface area contributed by atoms with Gasteiger partial charge in [-0.15, -0.1) is 0 Å². The number of nitriles is 1. The Kier molecular flexibility index (Phi) is 6.27. The first-order valence-corrected chi connectivity index (χ1v) is 14.8. The monoisotopic (exact) mass is 578 g/mol. The Bertz CT molecular complexity index is 1750. The van der Waals surface area contributed by atoms with Gasteiger partial charge in [0.05, 0.1) is 24.2 Å². The van der Waals surface area contributed by atoms with E-state index in [4.69, 9.17) is 9.52 Å². The van der Waals surface area contributed by atoms with Gasteiger partial charge in [0.15, 0.2) is 11.5 Å². The molecule has 0 saturated heterocycles. The summed E-state index contributed by atoms with van der Waals surface area (Å²) in [5.74, 6) is 1.37. The van der Waals surface area contributed by atoms with E-state index in [-0.39, 0.29) is 17.9 Å². The number of amides is 2. The molecular formula is C32H34N8O3. The highest BCUT2D eigenvalue weighted by Gasteiger charge is 2.48. The van der Waals surface area contributed by atoms with Gasteiger partial charge in [-0.2, -0.15) is 10.4 Å². The lowest BCUT2D eigenvalue weighted by atomic mass is 10.1. The van der Waals surface area contributed by atoms with E-state index in [2.05, 4.69) is 28.3 Å². The molecule has 3 aliphatic rings. The van der Waals surface area contributed by atoms with Gasteiger partial charge < -0.3 is 14.6 Å². The Hall–Kier alpha value is -4.72. The Morgan fingerprint density at radius 3 is 2.56 bits per heavy atom. The molecular weight excluding hydrogens is 544 g/mol. The summed E-state index contributed by atoms with van der Waals surface area (Å²) in [6, 6.07) is 13.1. The van der Waals surface area contributed by atoms with Gasteiger partial charge in [0, 0.05) is 37.3 Å². The minimum absolute atomic E-state index is 0.000378. The zero-order valence-electron chi connectivity index (χ0n) is 24.6. The van der Waals surface area contributed by atoms with Gasteiger partial charge in [-0.05, 0) is 68.4 Å². The van der Waals surface area contributed by atoms with Gasteiger partial charge in [-0.1, -0.05) is 13.0 Å². The number of nitrogens with zero attached hydrogens (tertiary/aromatic N) is 7. The molecule has 220 valence electrons. The summed E-state index contributed by atoms with van der Waals surface area (Å²) in [5, 5.41) is 17.5. The van der Waals surface area contributed by atoms with E-state index in [0.29, 0.717) is 42.1 Å². The minimum Gasteiger partial charge on any atom is -0.441 e. The normalized spacial score (nSPS) is 18.5. The fourth-order valence-electron chi connectivity index (χ4n) is 5.44. The van der Waals surface area contributed by atoms with Gasteiger partial charge in [0.25, 0.3) is 0 Å². The van der Waals surface area contributed by atoms with E-state index in [1.165, 1.54) is 4.90 Å². The summed E-state index contributed by atoms with van der Waals surface area (Å²) in [4.78, 5) is 39.2. The number of carbonyl (C=O) groups is 2. The molecule has 3 heterocycles. The Morgan fingerprint density at radius 2 is 1.95 bits per heavy atom. The maximum Gasteiger partial charge on any atom is 0.245 e. The molecule has 1 aromatic carbocycles. The van der Waals surface area contributed by atoms with Crippen LogP contribution in [0.1, 0.15) is 63.1 Å². The van der Waals surface area contributed by atoms with Crippen molar-refractivity contribution >= 4 is 35.1 Å². The molecule has 11 nitrogen and oxygen atoms in total. The van der Waals surface area contributed by atoms with Crippen molar-refractivity contribution < 1.29 is 14.0 Å². The van der Waals surface area contributed by atoms with Gasteiger partial charge in [0.1, 0.15) is 28.7 Å². The third-order valence-corrected chi connectivity index (χ3v) is 8.91. The van der Waals surface area contributed by atoms with Crippen molar-refractivity contribution in [3.05, 3.63) is 54.2 Å². The lowest BCUT2D eigenvalue weighted by molar-refractivity contribution is -0.124. The van der Waals surface area contributed by atoms with Crippen LogP contribution in [0, 0.1) is 11.3 Å². The highest BCUT2D eigenvalue weighted by molar-refractivity contribution is 5.93. The zero-order chi connectivity index (χ0) is 29.9. The van der Waals surface area contributed by atoms with Crippen LogP contribution in [0.25, 0.3) is 22.2 Å². The quantitative estimate of drug-likeness (QED) is 0.261. The van der Waals surface area contributed by atoms with E-state index in [0.717, 1.165) is 48.3 Å². The van der Waals surface area contributed by atoms with Gasteiger partial charge >= 0.3 is 0 Å². The number of hydrogen-bond donors (Lipinski definition) is 1. The Balaban J connectivity index is 1.22. The lowest BCUT2D eigenvalue weighted by Gasteiger charge is -2.27. The number of oxazole rings is 1. The fourth-order valence-corrected chi connectivity index (χ4v) is 5.44. The predicted octanol–water partition coefficient (Wildman–Crippen LogP) is 4.29. The molecule has 1 N–H and O–H groups in total. The van der Waals surface area contributed by atoms with Crippen LogP contribution in [0.4, 0.5) is 11.6 Å². The van der Waals surface area contributed by atoms with Gasteiger partial charge in [-0.3, -0.25) is 14.5 Å². The molecule has 43 heavy (non-hydrogen) atoms. The van der Waals surface area contributed by atoms with E-state index in [9.17, 15) is 14.9 Å². The SMILES string of the molecule is CN(C)c1ccc(-c2ccc3nc(C[C@@H](C(=O)NC4(C#N)CC4)N(C=O)c4cc(C5(C)CC5)nn4C4CC4)oc3c2)cn1. The summed E-state index contributed by atoms with van der Waals surface area (Å²) < 4.78 is 8.09. The molecule has 3 fully saturated rings. The topological polar surface area (TPSA) is 133 Å². The molecule has 0 unspecified atom stereocenters. The molecule has 0 aliphatic heterocycles. The molecule has 2 amide bonds. The number of pyridine rings is 1. The van der Waals surface area contributed by atoms with Gasteiger partial charge in [-0.25, -0.2) is 14.6 Å². The van der Waals surface area contributed by atoms with E-state index in [1.807, 2.05) is 66.3 Å². The predicted molar refractivity (Wildman–Crippen MR) is 160 cm³/mol. The number of fused-ring (bicyclic) bond motifs is 1. The fraction of sp³-hybridized carbons (Fsp3) is 0.438. The van der Waals surface area contributed by atoms with Crippen LogP contribution in [-0.4, -0.2) is 57.7 Å². The first kappa shape index (κ1) is 27.1. The summed E-state index contributed by atoms with van der Waals surface area (Å²) in [7, 11) is 3.89. The van der Waals surface area contributed by atoms with Crippen LogP contribution >= 0.6 is 0 Å².